The number of ether oxygens (including phenoxy) is 1. The summed E-state index contributed by atoms with van der Waals surface area (Å²) in [6.07, 6.45) is 0. The van der Waals surface area contributed by atoms with Crippen LogP contribution in [0.25, 0.3) is 33.1 Å². The number of aryl methyl sites for hydroxylation is 1. The quantitative estimate of drug-likeness (QED) is 0.589. The Morgan fingerprint density at radius 3 is 2.54 bits per heavy atom. The van der Waals surface area contributed by atoms with Crippen molar-refractivity contribution in [2.45, 2.75) is 6.92 Å². The smallest absolute Gasteiger partial charge is 0.119 e. The number of benzene rings is 2. The van der Waals surface area contributed by atoms with Crippen molar-refractivity contribution in [1.29, 1.82) is 5.26 Å². The molecular formula is C20H15N3O. The van der Waals surface area contributed by atoms with Gasteiger partial charge in [-0.25, -0.2) is 0 Å². The molecule has 0 radical (unpaired) electrons. The van der Waals surface area contributed by atoms with Crippen molar-refractivity contribution in [2.75, 3.05) is 7.11 Å². The lowest BCUT2D eigenvalue weighted by Crippen LogP contribution is -1.89. The van der Waals surface area contributed by atoms with Crippen LogP contribution in [0.1, 0.15) is 11.3 Å². The average molecular weight is 313 g/mol. The molecular weight excluding hydrogens is 298 g/mol. The molecule has 4 rings (SSSR count). The molecule has 0 fully saturated rings. The van der Waals surface area contributed by atoms with E-state index in [0.717, 1.165) is 44.5 Å². The Morgan fingerprint density at radius 2 is 1.83 bits per heavy atom. The number of H-pyrrole nitrogens is 1. The first-order chi connectivity index (χ1) is 11.7. The Labute approximate surface area is 139 Å². The molecule has 116 valence electrons. The Kier molecular flexibility index (Phi) is 3.21. The van der Waals surface area contributed by atoms with Crippen LogP contribution in [0.5, 0.6) is 5.75 Å². The number of aromatic amines is 1. The van der Waals surface area contributed by atoms with Crippen LogP contribution in [0.2, 0.25) is 0 Å². The maximum Gasteiger partial charge on any atom is 0.119 e. The lowest BCUT2D eigenvalue weighted by Gasteiger charge is -2.05. The predicted molar refractivity (Wildman–Crippen MR) is 95.0 cm³/mol. The monoisotopic (exact) mass is 313 g/mol. The molecule has 0 bridgehead atoms. The summed E-state index contributed by atoms with van der Waals surface area (Å²) in [5, 5.41) is 11.2. The highest BCUT2D eigenvalue weighted by Crippen LogP contribution is 2.34. The van der Waals surface area contributed by atoms with Crippen LogP contribution in [0, 0.1) is 18.3 Å². The minimum absolute atomic E-state index is 0.643. The van der Waals surface area contributed by atoms with Gasteiger partial charge >= 0.3 is 0 Å². The minimum atomic E-state index is 0.643. The van der Waals surface area contributed by atoms with Crippen molar-refractivity contribution in [3.8, 4) is 23.1 Å². The molecule has 0 spiro atoms. The summed E-state index contributed by atoms with van der Waals surface area (Å²) >= 11 is 0. The van der Waals surface area contributed by atoms with Gasteiger partial charge in [0, 0.05) is 27.5 Å². The van der Waals surface area contributed by atoms with Crippen LogP contribution in [-0.2, 0) is 0 Å². The van der Waals surface area contributed by atoms with Gasteiger partial charge in [-0.3, -0.25) is 4.98 Å². The van der Waals surface area contributed by atoms with Crippen molar-refractivity contribution in [3.63, 3.8) is 0 Å². The van der Waals surface area contributed by atoms with E-state index in [1.807, 2.05) is 49.4 Å². The van der Waals surface area contributed by atoms with E-state index in [1.165, 1.54) is 0 Å². The second kappa shape index (κ2) is 5.39. The number of aromatic nitrogens is 2. The molecule has 0 unspecified atom stereocenters. The van der Waals surface area contributed by atoms with Gasteiger partial charge in [-0.15, -0.1) is 0 Å². The van der Waals surface area contributed by atoms with Crippen molar-refractivity contribution in [1.82, 2.24) is 9.97 Å². The standard InChI is InChI=1S/C20H15N3O/c1-12-9-17-16-10-15(24-2)7-8-18(16)23-20(17)19(22-12)14-5-3-13(11-21)4-6-14/h3-10,23H,1-2H3. The predicted octanol–water partition coefficient (Wildman–Crippen LogP) is 4.57. The number of pyridine rings is 1. The SMILES string of the molecule is COc1ccc2[nH]c3c(-c4ccc(C#N)cc4)nc(C)cc3c2c1. The van der Waals surface area contributed by atoms with Crippen molar-refractivity contribution >= 4 is 21.8 Å². The van der Waals surface area contributed by atoms with Crippen LogP contribution < -0.4 is 4.74 Å². The molecule has 2 aromatic carbocycles. The molecule has 0 aliphatic carbocycles. The van der Waals surface area contributed by atoms with Gasteiger partial charge in [-0.2, -0.15) is 5.26 Å². The fourth-order valence-electron chi connectivity index (χ4n) is 3.04. The van der Waals surface area contributed by atoms with Gasteiger partial charge in [0.05, 0.1) is 30.0 Å². The highest BCUT2D eigenvalue weighted by atomic mass is 16.5. The van der Waals surface area contributed by atoms with Crippen molar-refractivity contribution < 1.29 is 4.74 Å². The molecule has 1 N–H and O–H groups in total. The number of methoxy groups -OCH3 is 1. The minimum Gasteiger partial charge on any atom is -0.497 e. The third-order valence-electron chi connectivity index (χ3n) is 4.21. The molecule has 4 nitrogen and oxygen atoms in total. The Morgan fingerprint density at radius 1 is 1.04 bits per heavy atom. The zero-order chi connectivity index (χ0) is 16.7. The summed E-state index contributed by atoms with van der Waals surface area (Å²) in [5.74, 6) is 0.831. The van der Waals surface area contributed by atoms with E-state index in [4.69, 9.17) is 15.0 Å². The van der Waals surface area contributed by atoms with Gasteiger partial charge in [-0.05, 0) is 43.3 Å². The first-order valence-corrected chi connectivity index (χ1v) is 7.67. The number of hydrogen-bond donors (Lipinski definition) is 1. The normalized spacial score (nSPS) is 10.9. The molecule has 0 atom stereocenters. The van der Waals surface area contributed by atoms with E-state index < -0.39 is 0 Å². The first kappa shape index (κ1) is 14.3. The summed E-state index contributed by atoms with van der Waals surface area (Å²) < 4.78 is 5.35. The van der Waals surface area contributed by atoms with Crippen LogP contribution in [0.15, 0.2) is 48.5 Å². The molecule has 0 saturated carbocycles. The zero-order valence-corrected chi connectivity index (χ0v) is 13.4. The molecule has 0 aliphatic heterocycles. The Balaban J connectivity index is 2.03. The number of fused-ring (bicyclic) bond motifs is 3. The van der Waals surface area contributed by atoms with Crippen LogP contribution >= 0.6 is 0 Å². The number of nitrogens with zero attached hydrogens (tertiary/aromatic N) is 2. The Bertz CT molecular complexity index is 1100. The van der Waals surface area contributed by atoms with Crippen LogP contribution in [0.4, 0.5) is 0 Å². The number of nitrogens with one attached hydrogen (secondary N) is 1. The molecule has 24 heavy (non-hydrogen) atoms. The summed E-state index contributed by atoms with van der Waals surface area (Å²) in [7, 11) is 1.67. The summed E-state index contributed by atoms with van der Waals surface area (Å²) in [6, 6.07) is 17.7. The van der Waals surface area contributed by atoms with Gasteiger partial charge in [-0.1, -0.05) is 12.1 Å². The van der Waals surface area contributed by atoms with Crippen LogP contribution in [-0.4, -0.2) is 17.1 Å². The Hall–Kier alpha value is -3.32. The van der Waals surface area contributed by atoms with E-state index >= 15 is 0 Å². The highest BCUT2D eigenvalue weighted by molar-refractivity contribution is 6.11. The van der Waals surface area contributed by atoms with Gasteiger partial charge in [0.1, 0.15) is 5.75 Å². The maximum absolute atomic E-state index is 8.98. The van der Waals surface area contributed by atoms with E-state index in [1.54, 1.807) is 7.11 Å². The maximum atomic E-state index is 8.98. The summed E-state index contributed by atoms with van der Waals surface area (Å²) in [4.78, 5) is 8.19. The fraction of sp³-hybridized carbons (Fsp3) is 0.100. The van der Waals surface area contributed by atoms with E-state index in [9.17, 15) is 0 Å². The van der Waals surface area contributed by atoms with E-state index in [0.29, 0.717) is 5.56 Å². The third kappa shape index (κ3) is 2.19. The number of hydrogen-bond acceptors (Lipinski definition) is 3. The van der Waals surface area contributed by atoms with Crippen molar-refractivity contribution in [3.05, 3.63) is 59.8 Å². The molecule has 0 aliphatic rings. The topological polar surface area (TPSA) is 61.7 Å². The molecule has 2 heterocycles. The average Bonchev–Trinajstić information content (AvgIpc) is 2.98. The third-order valence-corrected chi connectivity index (χ3v) is 4.21. The fourth-order valence-corrected chi connectivity index (χ4v) is 3.04. The van der Waals surface area contributed by atoms with E-state index in [2.05, 4.69) is 17.1 Å². The largest absolute Gasteiger partial charge is 0.497 e. The van der Waals surface area contributed by atoms with Gasteiger partial charge < -0.3 is 9.72 Å². The molecule has 0 amide bonds. The molecule has 4 heteroatoms. The second-order valence-corrected chi connectivity index (χ2v) is 5.76. The van der Waals surface area contributed by atoms with E-state index in [-0.39, 0.29) is 0 Å². The highest BCUT2D eigenvalue weighted by Gasteiger charge is 2.13. The zero-order valence-electron chi connectivity index (χ0n) is 13.4. The lowest BCUT2D eigenvalue weighted by molar-refractivity contribution is 0.415. The lowest BCUT2D eigenvalue weighted by atomic mass is 10.1. The van der Waals surface area contributed by atoms with Gasteiger partial charge in [0.25, 0.3) is 0 Å². The molecule has 0 saturated heterocycles. The summed E-state index contributed by atoms with van der Waals surface area (Å²) in [5.41, 5.74) is 5.52. The number of nitriles is 1. The van der Waals surface area contributed by atoms with Gasteiger partial charge in [0.2, 0.25) is 0 Å². The van der Waals surface area contributed by atoms with Crippen LogP contribution in [0.3, 0.4) is 0 Å². The van der Waals surface area contributed by atoms with Gasteiger partial charge in [0.15, 0.2) is 0 Å². The molecule has 4 aromatic rings. The first-order valence-electron chi connectivity index (χ1n) is 7.67. The number of rotatable bonds is 2. The second-order valence-electron chi connectivity index (χ2n) is 5.76. The van der Waals surface area contributed by atoms with Crippen molar-refractivity contribution in [2.24, 2.45) is 0 Å². The molecule has 2 aromatic heterocycles. The summed E-state index contributed by atoms with van der Waals surface area (Å²) in [6.45, 7) is 1.99.